The molecular weight excluding hydrogens is 186 g/mol. The molecule has 0 aliphatic rings. The van der Waals surface area contributed by atoms with Crippen LogP contribution in [-0.4, -0.2) is 15.0 Å². The van der Waals surface area contributed by atoms with Gasteiger partial charge in [-0.3, -0.25) is 0 Å². The summed E-state index contributed by atoms with van der Waals surface area (Å²) in [7, 11) is 1.95. The highest BCUT2D eigenvalue weighted by molar-refractivity contribution is 5.79. The van der Waals surface area contributed by atoms with Gasteiger partial charge in [-0.25, -0.2) is 4.68 Å². The molecule has 1 heterocycles. The first-order chi connectivity index (χ1) is 7.13. The summed E-state index contributed by atoms with van der Waals surface area (Å²) in [5.41, 5.74) is 4.81. The smallest absolute Gasteiger partial charge is 0.113 e. The Morgan fingerprint density at radius 2 is 2.13 bits per heavy atom. The Labute approximate surface area is 90.1 Å². The van der Waals surface area contributed by atoms with E-state index in [0.29, 0.717) is 5.92 Å². The first kappa shape index (κ1) is 10.1. The molecule has 0 N–H and O–H groups in total. The van der Waals surface area contributed by atoms with E-state index in [1.165, 1.54) is 16.6 Å². The Morgan fingerprint density at radius 3 is 2.80 bits per heavy atom. The van der Waals surface area contributed by atoms with Gasteiger partial charge in [0.2, 0.25) is 0 Å². The first-order valence-corrected chi connectivity index (χ1v) is 5.43. The fourth-order valence-electron chi connectivity index (χ4n) is 1.97. The van der Waals surface area contributed by atoms with Gasteiger partial charge >= 0.3 is 0 Å². The maximum Gasteiger partial charge on any atom is 0.113 e. The Morgan fingerprint density at radius 1 is 1.40 bits per heavy atom. The summed E-state index contributed by atoms with van der Waals surface area (Å²) in [6, 6.07) is 4.34. The van der Waals surface area contributed by atoms with Gasteiger partial charge in [-0.15, -0.1) is 5.10 Å². The van der Waals surface area contributed by atoms with Gasteiger partial charge in [0, 0.05) is 7.05 Å². The third-order valence-electron chi connectivity index (χ3n) is 3.02. The molecule has 3 heteroatoms. The van der Waals surface area contributed by atoms with Gasteiger partial charge in [-0.1, -0.05) is 25.1 Å². The standard InChI is InChI=1S/C12H17N3/c1-5-9(3)10-6-8(2)7-11-12(10)15(4)14-13-11/h6-7,9H,5H2,1-4H3. The van der Waals surface area contributed by atoms with Gasteiger partial charge in [-0.2, -0.15) is 0 Å². The van der Waals surface area contributed by atoms with Crippen molar-refractivity contribution in [2.24, 2.45) is 7.05 Å². The number of rotatable bonds is 2. The van der Waals surface area contributed by atoms with E-state index in [4.69, 9.17) is 0 Å². The van der Waals surface area contributed by atoms with E-state index in [1.54, 1.807) is 0 Å². The van der Waals surface area contributed by atoms with Crippen molar-refractivity contribution >= 4 is 11.0 Å². The molecule has 1 aromatic heterocycles. The second-order valence-corrected chi connectivity index (χ2v) is 4.24. The summed E-state index contributed by atoms with van der Waals surface area (Å²) in [6.07, 6.45) is 1.14. The minimum atomic E-state index is 0.560. The lowest BCUT2D eigenvalue weighted by Gasteiger charge is -2.11. The largest absolute Gasteiger partial charge is 0.247 e. The molecular formula is C12H17N3. The van der Waals surface area contributed by atoms with Crippen LogP contribution in [0.1, 0.15) is 37.3 Å². The number of aromatic nitrogens is 3. The van der Waals surface area contributed by atoms with Crippen LogP contribution in [0.4, 0.5) is 0 Å². The van der Waals surface area contributed by atoms with Crippen LogP contribution in [-0.2, 0) is 7.05 Å². The van der Waals surface area contributed by atoms with Crippen molar-refractivity contribution in [3.63, 3.8) is 0 Å². The van der Waals surface area contributed by atoms with E-state index in [-0.39, 0.29) is 0 Å². The molecule has 0 saturated heterocycles. The van der Waals surface area contributed by atoms with E-state index in [9.17, 15) is 0 Å². The zero-order valence-corrected chi connectivity index (χ0v) is 9.78. The molecule has 0 fully saturated rings. The lowest BCUT2D eigenvalue weighted by Crippen LogP contribution is -1.98. The maximum atomic E-state index is 4.17. The summed E-state index contributed by atoms with van der Waals surface area (Å²) < 4.78 is 1.87. The first-order valence-electron chi connectivity index (χ1n) is 5.43. The van der Waals surface area contributed by atoms with Crippen LogP contribution in [0.25, 0.3) is 11.0 Å². The number of benzene rings is 1. The van der Waals surface area contributed by atoms with Crippen LogP contribution < -0.4 is 0 Å². The van der Waals surface area contributed by atoms with Crippen LogP contribution in [0.2, 0.25) is 0 Å². The normalized spacial score (nSPS) is 13.3. The highest BCUT2D eigenvalue weighted by Crippen LogP contribution is 2.27. The molecule has 15 heavy (non-hydrogen) atoms. The molecule has 2 rings (SSSR count). The number of hydrogen-bond acceptors (Lipinski definition) is 2. The molecule has 80 valence electrons. The molecule has 0 spiro atoms. The van der Waals surface area contributed by atoms with Crippen molar-refractivity contribution in [2.75, 3.05) is 0 Å². The van der Waals surface area contributed by atoms with Crippen molar-refractivity contribution in [1.82, 2.24) is 15.0 Å². The number of hydrogen-bond donors (Lipinski definition) is 0. The predicted octanol–water partition coefficient (Wildman–Crippen LogP) is 2.79. The molecule has 2 aromatic rings. The Kier molecular flexibility index (Phi) is 2.47. The van der Waals surface area contributed by atoms with Crippen LogP contribution >= 0.6 is 0 Å². The fourth-order valence-corrected chi connectivity index (χ4v) is 1.97. The highest BCUT2D eigenvalue weighted by atomic mass is 15.4. The third-order valence-corrected chi connectivity index (χ3v) is 3.02. The van der Waals surface area contributed by atoms with Crippen molar-refractivity contribution in [3.8, 4) is 0 Å². The minimum absolute atomic E-state index is 0.560. The van der Waals surface area contributed by atoms with Crippen LogP contribution in [0.3, 0.4) is 0 Å². The summed E-state index contributed by atoms with van der Waals surface area (Å²) >= 11 is 0. The zero-order chi connectivity index (χ0) is 11.0. The van der Waals surface area contributed by atoms with Gasteiger partial charge in [0.25, 0.3) is 0 Å². The predicted molar refractivity (Wildman–Crippen MR) is 62.0 cm³/mol. The average Bonchev–Trinajstić information content (AvgIpc) is 2.58. The lowest BCUT2D eigenvalue weighted by atomic mass is 9.95. The molecule has 0 aliphatic carbocycles. The quantitative estimate of drug-likeness (QED) is 0.751. The molecule has 0 amide bonds. The average molecular weight is 203 g/mol. The zero-order valence-electron chi connectivity index (χ0n) is 9.78. The van der Waals surface area contributed by atoms with E-state index in [2.05, 4.69) is 43.2 Å². The van der Waals surface area contributed by atoms with E-state index >= 15 is 0 Å². The summed E-state index contributed by atoms with van der Waals surface area (Å²) in [5.74, 6) is 0.560. The van der Waals surface area contributed by atoms with Crippen LogP contribution in [0, 0.1) is 6.92 Å². The second-order valence-electron chi connectivity index (χ2n) is 4.24. The summed E-state index contributed by atoms with van der Waals surface area (Å²) in [6.45, 7) is 6.57. The topological polar surface area (TPSA) is 30.7 Å². The van der Waals surface area contributed by atoms with Crippen molar-refractivity contribution in [1.29, 1.82) is 0 Å². The van der Waals surface area contributed by atoms with Gasteiger partial charge in [0.15, 0.2) is 0 Å². The molecule has 0 bridgehead atoms. The van der Waals surface area contributed by atoms with Crippen LogP contribution in [0.15, 0.2) is 12.1 Å². The minimum Gasteiger partial charge on any atom is -0.247 e. The number of aryl methyl sites for hydroxylation is 2. The third kappa shape index (κ3) is 1.62. The maximum absolute atomic E-state index is 4.17. The SMILES string of the molecule is CCC(C)c1cc(C)cc2nnn(C)c12. The van der Waals surface area contributed by atoms with Gasteiger partial charge in [-0.05, 0) is 36.5 Å². The van der Waals surface area contributed by atoms with Crippen molar-refractivity contribution in [3.05, 3.63) is 23.3 Å². The van der Waals surface area contributed by atoms with E-state index in [0.717, 1.165) is 11.9 Å². The molecule has 0 radical (unpaired) electrons. The monoisotopic (exact) mass is 203 g/mol. The van der Waals surface area contributed by atoms with Gasteiger partial charge in [0.1, 0.15) is 5.52 Å². The summed E-state index contributed by atoms with van der Waals surface area (Å²) in [5, 5.41) is 8.25. The van der Waals surface area contributed by atoms with E-state index < -0.39 is 0 Å². The Bertz CT molecular complexity index is 485. The van der Waals surface area contributed by atoms with Crippen LogP contribution in [0.5, 0.6) is 0 Å². The van der Waals surface area contributed by atoms with Crippen molar-refractivity contribution in [2.45, 2.75) is 33.1 Å². The van der Waals surface area contributed by atoms with E-state index in [1.807, 2.05) is 11.7 Å². The molecule has 3 nitrogen and oxygen atoms in total. The summed E-state index contributed by atoms with van der Waals surface area (Å²) in [4.78, 5) is 0. The molecule has 1 atom stereocenters. The Hall–Kier alpha value is -1.38. The van der Waals surface area contributed by atoms with Gasteiger partial charge in [0.05, 0.1) is 5.52 Å². The van der Waals surface area contributed by atoms with Crippen molar-refractivity contribution < 1.29 is 0 Å². The molecule has 0 saturated carbocycles. The number of nitrogens with zero attached hydrogens (tertiary/aromatic N) is 3. The molecule has 1 unspecified atom stereocenters. The Balaban J connectivity index is 2.74. The lowest BCUT2D eigenvalue weighted by molar-refractivity contribution is 0.708. The fraction of sp³-hybridized carbons (Fsp3) is 0.500. The highest BCUT2D eigenvalue weighted by Gasteiger charge is 2.12. The molecule has 1 aromatic carbocycles. The second kappa shape index (κ2) is 3.65. The molecule has 0 aliphatic heterocycles. The van der Waals surface area contributed by atoms with Gasteiger partial charge < -0.3 is 0 Å². The number of fused-ring (bicyclic) bond motifs is 1.